The van der Waals surface area contributed by atoms with E-state index in [2.05, 4.69) is 5.32 Å². The van der Waals surface area contributed by atoms with Crippen molar-refractivity contribution in [3.63, 3.8) is 0 Å². The Morgan fingerprint density at radius 2 is 2.12 bits per heavy atom. The molecule has 0 unspecified atom stereocenters. The fourth-order valence-electron chi connectivity index (χ4n) is 1.39. The molecule has 0 aliphatic carbocycles. The molecule has 0 fully saturated rings. The van der Waals surface area contributed by atoms with Crippen molar-refractivity contribution >= 4 is 5.91 Å². The molecule has 0 saturated heterocycles. The fraction of sp³-hybridized carbons (Fsp3) is 0.308. The van der Waals surface area contributed by atoms with Crippen LogP contribution in [0.3, 0.4) is 0 Å². The Morgan fingerprint density at radius 3 is 2.71 bits per heavy atom. The molecule has 0 spiro atoms. The van der Waals surface area contributed by atoms with Gasteiger partial charge in [0.05, 0.1) is 14.2 Å². The van der Waals surface area contributed by atoms with Crippen LogP contribution in [0.4, 0.5) is 0 Å². The number of methoxy groups -OCH3 is 2. The molecular weight excluding hydrogens is 218 g/mol. The Labute approximate surface area is 101 Å². The van der Waals surface area contributed by atoms with Crippen LogP contribution in [0.2, 0.25) is 0 Å². The molecule has 0 atom stereocenters. The molecule has 1 aromatic carbocycles. The number of rotatable bonds is 5. The minimum Gasteiger partial charge on any atom is -0.497 e. The monoisotopic (exact) mass is 235 g/mol. The third kappa shape index (κ3) is 3.83. The largest absolute Gasteiger partial charge is 0.497 e. The first-order chi connectivity index (χ1) is 8.21. The van der Waals surface area contributed by atoms with Gasteiger partial charge < -0.3 is 14.8 Å². The summed E-state index contributed by atoms with van der Waals surface area (Å²) in [6.07, 6.45) is 3.18. The third-order valence-corrected chi connectivity index (χ3v) is 2.27. The van der Waals surface area contributed by atoms with Crippen molar-refractivity contribution in [1.29, 1.82) is 0 Å². The van der Waals surface area contributed by atoms with Crippen LogP contribution in [0.15, 0.2) is 30.4 Å². The average Bonchev–Trinajstić information content (AvgIpc) is 2.36. The van der Waals surface area contributed by atoms with E-state index in [1.165, 1.54) is 6.08 Å². The molecule has 1 amide bonds. The van der Waals surface area contributed by atoms with Gasteiger partial charge in [-0.15, -0.1) is 0 Å². The van der Waals surface area contributed by atoms with E-state index in [-0.39, 0.29) is 5.91 Å². The number of carbonyl (C=O) groups is 1. The fourth-order valence-corrected chi connectivity index (χ4v) is 1.39. The molecule has 4 heteroatoms. The molecular formula is C13H17NO3. The van der Waals surface area contributed by atoms with Crippen molar-refractivity contribution in [2.45, 2.75) is 13.5 Å². The van der Waals surface area contributed by atoms with Gasteiger partial charge in [0.25, 0.3) is 0 Å². The molecule has 17 heavy (non-hydrogen) atoms. The van der Waals surface area contributed by atoms with E-state index >= 15 is 0 Å². The molecule has 0 bridgehead atoms. The summed E-state index contributed by atoms with van der Waals surface area (Å²) < 4.78 is 10.3. The smallest absolute Gasteiger partial charge is 0.243 e. The van der Waals surface area contributed by atoms with Gasteiger partial charge in [0.1, 0.15) is 11.5 Å². The van der Waals surface area contributed by atoms with Gasteiger partial charge in [-0.3, -0.25) is 4.79 Å². The van der Waals surface area contributed by atoms with Gasteiger partial charge >= 0.3 is 0 Å². The van der Waals surface area contributed by atoms with Crippen LogP contribution >= 0.6 is 0 Å². The highest BCUT2D eigenvalue weighted by atomic mass is 16.5. The van der Waals surface area contributed by atoms with Crippen LogP contribution in [0.1, 0.15) is 12.5 Å². The number of allylic oxidation sites excluding steroid dienone is 1. The SMILES string of the molecule is CC=CC(=O)NCc1ccc(OC)cc1OC. The highest BCUT2D eigenvalue weighted by molar-refractivity contribution is 5.87. The standard InChI is InChI=1S/C13H17NO3/c1-4-5-13(15)14-9-10-6-7-11(16-2)8-12(10)17-3/h4-8H,9H2,1-3H3,(H,14,15). The zero-order chi connectivity index (χ0) is 12.7. The first-order valence-electron chi connectivity index (χ1n) is 5.32. The Bertz CT molecular complexity index is 413. The van der Waals surface area contributed by atoms with Crippen molar-refractivity contribution in [3.8, 4) is 11.5 Å². The van der Waals surface area contributed by atoms with Gasteiger partial charge in [-0.05, 0) is 25.1 Å². The Balaban J connectivity index is 2.73. The summed E-state index contributed by atoms with van der Waals surface area (Å²) >= 11 is 0. The first-order valence-corrected chi connectivity index (χ1v) is 5.32. The molecule has 0 aliphatic rings. The maximum absolute atomic E-state index is 11.3. The van der Waals surface area contributed by atoms with Crippen LogP contribution < -0.4 is 14.8 Å². The van der Waals surface area contributed by atoms with E-state index in [0.717, 1.165) is 11.3 Å². The van der Waals surface area contributed by atoms with E-state index in [4.69, 9.17) is 9.47 Å². The number of hydrogen-bond donors (Lipinski definition) is 1. The summed E-state index contributed by atoms with van der Waals surface area (Å²) in [5, 5.41) is 2.77. The summed E-state index contributed by atoms with van der Waals surface area (Å²) in [4.78, 5) is 11.3. The zero-order valence-corrected chi connectivity index (χ0v) is 10.3. The molecule has 0 saturated carbocycles. The summed E-state index contributed by atoms with van der Waals surface area (Å²) in [5.74, 6) is 1.31. The number of carbonyl (C=O) groups excluding carboxylic acids is 1. The van der Waals surface area contributed by atoms with Crippen molar-refractivity contribution in [2.75, 3.05) is 14.2 Å². The van der Waals surface area contributed by atoms with E-state index < -0.39 is 0 Å². The lowest BCUT2D eigenvalue weighted by atomic mass is 10.2. The maximum atomic E-state index is 11.3. The predicted molar refractivity (Wildman–Crippen MR) is 66.2 cm³/mol. The molecule has 4 nitrogen and oxygen atoms in total. The van der Waals surface area contributed by atoms with Crippen molar-refractivity contribution in [1.82, 2.24) is 5.32 Å². The molecule has 0 radical (unpaired) electrons. The van der Waals surface area contributed by atoms with E-state index in [0.29, 0.717) is 12.3 Å². The van der Waals surface area contributed by atoms with Crippen molar-refractivity contribution in [2.24, 2.45) is 0 Å². The topological polar surface area (TPSA) is 47.6 Å². The zero-order valence-electron chi connectivity index (χ0n) is 10.3. The lowest BCUT2D eigenvalue weighted by Crippen LogP contribution is -2.20. The molecule has 1 aromatic rings. The molecule has 0 heterocycles. The van der Waals surface area contributed by atoms with E-state index in [1.54, 1.807) is 33.3 Å². The van der Waals surface area contributed by atoms with Crippen LogP contribution in [-0.2, 0) is 11.3 Å². The highest BCUT2D eigenvalue weighted by Crippen LogP contribution is 2.24. The van der Waals surface area contributed by atoms with Crippen LogP contribution in [-0.4, -0.2) is 20.1 Å². The lowest BCUT2D eigenvalue weighted by molar-refractivity contribution is -0.116. The molecule has 1 N–H and O–H groups in total. The third-order valence-electron chi connectivity index (χ3n) is 2.27. The molecule has 0 aromatic heterocycles. The second kappa shape index (κ2) is 6.58. The Hall–Kier alpha value is -1.97. The summed E-state index contributed by atoms with van der Waals surface area (Å²) in [6.45, 7) is 2.23. The van der Waals surface area contributed by atoms with Crippen LogP contribution in [0.5, 0.6) is 11.5 Å². The predicted octanol–water partition coefficient (Wildman–Crippen LogP) is 1.90. The quantitative estimate of drug-likeness (QED) is 0.793. The minimum absolute atomic E-state index is 0.120. The Morgan fingerprint density at radius 1 is 1.35 bits per heavy atom. The van der Waals surface area contributed by atoms with Crippen LogP contribution in [0, 0.1) is 0 Å². The molecule has 0 aliphatic heterocycles. The molecule has 1 rings (SSSR count). The summed E-state index contributed by atoms with van der Waals surface area (Å²) in [6, 6.07) is 5.49. The van der Waals surface area contributed by atoms with Crippen LogP contribution in [0.25, 0.3) is 0 Å². The average molecular weight is 235 g/mol. The number of nitrogens with one attached hydrogen (secondary N) is 1. The number of benzene rings is 1. The van der Waals surface area contributed by atoms with Crippen molar-refractivity contribution < 1.29 is 14.3 Å². The maximum Gasteiger partial charge on any atom is 0.243 e. The van der Waals surface area contributed by atoms with Gasteiger partial charge in [-0.1, -0.05) is 6.08 Å². The van der Waals surface area contributed by atoms with E-state index in [9.17, 15) is 4.79 Å². The van der Waals surface area contributed by atoms with Gasteiger partial charge in [-0.2, -0.15) is 0 Å². The first kappa shape index (κ1) is 13.1. The van der Waals surface area contributed by atoms with E-state index in [1.807, 2.05) is 12.1 Å². The normalized spacial score (nSPS) is 10.3. The minimum atomic E-state index is -0.120. The second-order valence-corrected chi connectivity index (χ2v) is 3.40. The van der Waals surface area contributed by atoms with Gasteiger partial charge in [0, 0.05) is 18.2 Å². The highest BCUT2D eigenvalue weighted by Gasteiger charge is 2.05. The number of amides is 1. The number of hydrogen-bond acceptors (Lipinski definition) is 3. The van der Waals surface area contributed by atoms with Crippen molar-refractivity contribution in [3.05, 3.63) is 35.9 Å². The summed E-state index contributed by atoms with van der Waals surface area (Å²) in [5.41, 5.74) is 0.908. The Kier molecular flexibility index (Phi) is 5.07. The second-order valence-electron chi connectivity index (χ2n) is 3.40. The van der Waals surface area contributed by atoms with Gasteiger partial charge in [0.15, 0.2) is 0 Å². The summed E-state index contributed by atoms with van der Waals surface area (Å²) in [7, 11) is 3.19. The number of ether oxygens (including phenoxy) is 2. The lowest BCUT2D eigenvalue weighted by Gasteiger charge is -2.10. The van der Waals surface area contributed by atoms with Gasteiger partial charge in [0.2, 0.25) is 5.91 Å². The van der Waals surface area contributed by atoms with Gasteiger partial charge in [-0.25, -0.2) is 0 Å². The molecule has 92 valence electrons.